The van der Waals surface area contributed by atoms with Gasteiger partial charge in [-0.25, -0.2) is 0 Å². The molecule has 110 valence electrons. The van der Waals surface area contributed by atoms with Crippen molar-refractivity contribution in [2.75, 3.05) is 0 Å². The van der Waals surface area contributed by atoms with Gasteiger partial charge in [-0.15, -0.1) is 0 Å². The van der Waals surface area contributed by atoms with Gasteiger partial charge in [-0.1, -0.05) is 0 Å². The zero-order chi connectivity index (χ0) is 14.6. The Bertz CT molecular complexity index is 232. The Morgan fingerprint density at radius 1 is 0.722 bits per heavy atom. The Morgan fingerprint density at radius 3 is 1.39 bits per heavy atom. The van der Waals surface area contributed by atoms with Gasteiger partial charge in [0.05, 0.1) is 0 Å². The Morgan fingerprint density at radius 2 is 1.11 bits per heavy atom. The molecule has 0 rings (SSSR count). The van der Waals surface area contributed by atoms with E-state index in [-0.39, 0.29) is 0 Å². The van der Waals surface area contributed by atoms with E-state index in [1.54, 1.807) is 0 Å². The van der Waals surface area contributed by atoms with Gasteiger partial charge in [0.15, 0.2) is 26.4 Å². The SMILES string of the molecule is C[SiH](C)O[SiH](O[SiH](C)C)O[Si](C)(C)O[Si](C)(C)C. The minimum Gasteiger partial charge on any atom is -0.437 e. The molecule has 0 amide bonds. The van der Waals surface area contributed by atoms with Gasteiger partial charge in [-0.3, -0.25) is 0 Å². The minimum atomic E-state index is -2.12. The quantitative estimate of drug-likeness (QED) is 0.634. The largest absolute Gasteiger partial charge is 0.453 e. The highest BCUT2D eigenvalue weighted by atomic mass is 28.5. The molecule has 0 aliphatic carbocycles. The second-order valence-corrected chi connectivity index (χ2v) is 22.1. The van der Waals surface area contributed by atoms with Crippen LogP contribution in [0, 0.1) is 0 Å². The third-order valence-corrected chi connectivity index (χ3v) is 15.3. The minimum absolute atomic E-state index is 1.12. The fraction of sp³-hybridized carbons (Fsp3) is 1.00. The van der Waals surface area contributed by atoms with Crippen molar-refractivity contribution in [2.45, 2.75) is 58.9 Å². The van der Waals surface area contributed by atoms with E-state index in [9.17, 15) is 0 Å². The molecule has 0 N–H and O–H groups in total. The predicted molar refractivity (Wildman–Crippen MR) is 90.1 cm³/mol. The summed E-state index contributed by atoms with van der Waals surface area (Å²) in [5.41, 5.74) is 0. The van der Waals surface area contributed by atoms with Crippen molar-refractivity contribution in [1.29, 1.82) is 0 Å². The standard InChI is InChI=1S/C9H30O4Si5/c1-14(2)10-16(11-15(3)4)12-18(8,9)13-17(5,6)7/h14-16H,1-9H3. The molecule has 0 saturated heterocycles. The van der Waals surface area contributed by atoms with Gasteiger partial charge in [-0.05, 0) is 58.9 Å². The summed E-state index contributed by atoms with van der Waals surface area (Å²) in [4.78, 5) is 0. The molecule has 9 heteroatoms. The molecule has 0 bridgehead atoms. The van der Waals surface area contributed by atoms with E-state index in [0.717, 1.165) is 0 Å². The fourth-order valence-corrected chi connectivity index (χ4v) is 15.7. The zero-order valence-corrected chi connectivity index (χ0v) is 18.8. The van der Waals surface area contributed by atoms with Gasteiger partial charge in [0.1, 0.15) is 0 Å². The predicted octanol–water partition coefficient (Wildman–Crippen LogP) is 2.27. The number of rotatable bonds is 8. The van der Waals surface area contributed by atoms with E-state index in [2.05, 4.69) is 58.9 Å². The molecule has 0 aromatic carbocycles. The van der Waals surface area contributed by atoms with E-state index in [4.69, 9.17) is 16.5 Å². The first kappa shape index (κ1) is 18.9. The highest BCUT2D eigenvalue weighted by molar-refractivity contribution is 6.84. The van der Waals surface area contributed by atoms with Crippen LogP contribution in [0.4, 0.5) is 0 Å². The maximum Gasteiger partial charge on any atom is 0.453 e. The molecule has 0 fully saturated rings. The number of hydrogen-bond donors (Lipinski definition) is 0. The van der Waals surface area contributed by atoms with Gasteiger partial charge < -0.3 is 16.5 Å². The van der Waals surface area contributed by atoms with E-state index in [0.29, 0.717) is 0 Å². The Balaban J connectivity index is 4.53. The van der Waals surface area contributed by atoms with Crippen LogP contribution in [0.5, 0.6) is 0 Å². The highest BCUT2D eigenvalue weighted by Crippen LogP contribution is 2.17. The molecular formula is C9H30O4Si5. The van der Waals surface area contributed by atoms with E-state index in [1.807, 2.05) is 0 Å². The zero-order valence-electron chi connectivity index (χ0n) is 13.4. The monoisotopic (exact) mass is 342 g/mol. The van der Waals surface area contributed by atoms with Crippen LogP contribution in [-0.2, 0) is 16.5 Å². The molecule has 18 heavy (non-hydrogen) atoms. The maximum absolute atomic E-state index is 6.18. The average Bonchev–Trinajstić information content (AvgIpc) is 1.92. The first-order chi connectivity index (χ1) is 7.91. The van der Waals surface area contributed by atoms with Gasteiger partial charge in [0.2, 0.25) is 0 Å². The van der Waals surface area contributed by atoms with Crippen LogP contribution >= 0.6 is 0 Å². The van der Waals surface area contributed by atoms with Crippen molar-refractivity contribution in [3.8, 4) is 0 Å². The summed E-state index contributed by atoms with van der Waals surface area (Å²) in [6.45, 7) is 19.4. The summed E-state index contributed by atoms with van der Waals surface area (Å²) in [5, 5.41) is 0. The highest BCUT2D eigenvalue weighted by Gasteiger charge is 2.36. The third kappa shape index (κ3) is 10.8. The number of hydrogen-bond acceptors (Lipinski definition) is 4. The lowest BCUT2D eigenvalue weighted by molar-refractivity contribution is 0.276. The Hall–Kier alpha value is 0.924. The fourth-order valence-electron chi connectivity index (χ4n) is 1.53. The van der Waals surface area contributed by atoms with Crippen LogP contribution in [0.25, 0.3) is 0 Å². The second kappa shape index (κ2) is 7.64. The lowest BCUT2D eigenvalue weighted by Crippen LogP contribution is -2.51. The molecule has 0 aromatic heterocycles. The summed E-state index contributed by atoms with van der Waals surface area (Å²) in [6.07, 6.45) is 0. The van der Waals surface area contributed by atoms with Crippen LogP contribution in [0.2, 0.25) is 58.9 Å². The summed E-state index contributed by atoms with van der Waals surface area (Å²) >= 11 is 0. The van der Waals surface area contributed by atoms with Crippen LogP contribution < -0.4 is 0 Å². The molecule has 0 aromatic rings. The van der Waals surface area contributed by atoms with Gasteiger partial charge >= 0.3 is 18.1 Å². The molecule has 0 saturated carbocycles. The normalized spacial score (nSPS) is 14.0. The van der Waals surface area contributed by atoms with E-state index >= 15 is 0 Å². The van der Waals surface area contributed by atoms with Crippen molar-refractivity contribution >= 4 is 44.5 Å². The molecule has 0 radical (unpaired) electrons. The molecule has 4 nitrogen and oxygen atoms in total. The first-order valence-electron chi connectivity index (χ1n) is 6.60. The second-order valence-electron chi connectivity index (χ2n) is 6.39. The van der Waals surface area contributed by atoms with Crippen LogP contribution in [-0.4, -0.2) is 44.5 Å². The van der Waals surface area contributed by atoms with Gasteiger partial charge in [0.25, 0.3) is 0 Å². The molecule has 0 unspecified atom stereocenters. The summed E-state index contributed by atoms with van der Waals surface area (Å²) in [5.74, 6) is 0. The van der Waals surface area contributed by atoms with Crippen LogP contribution in [0.3, 0.4) is 0 Å². The van der Waals surface area contributed by atoms with Gasteiger partial charge in [0, 0.05) is 0 Å². The topological polar surface area (TPSA) is 36.9 Å². The Kier molecular flexibility index (Phi) is 8.03. The lowest BCUT2D eigenvalue weighted by Gasteiger charge is -2.34. The van der Waals surface area contributed by atoms with Crippen molar-refractivity contribution in [3.63, 3.8) is 0 Å². The molecule has 0 heterocycles. The van der Waals surface area contributed by atoms with Crippen molar-refractivity contribution in [2.24, 2.45) is 0 Å². The third-order valence-electron chi connectivity index (χ3n) is 1.70. The average molecular weight is 343 g/mol. The lowest BCUT2D eigenvalue weighted by atomic mass is 11.8. The molecule has 0 atom stereocenters. The Labute approximate surface area is 120 Å². The molecule has 0 aliphatic heterocycles. The summed E-state index contributed by atoms with van der Waals surface area (Å²) in [7, 11) is -7.90. The molecule has 0 aliphatic rings. The van der Waals surface area contributed by atoms with Crippen molar-refractivity contribution in [3.05, 3.63) is 0 Å². The van der Waals surface area contributed by atoms with Crippen LogP contribution in [0.1, 0.15) is 0 Å². The summed E-state index contributed by atoms with van der Waals surface area (Å²) < 4.78 is 24.2. The molecular weight excluding hydrogens is 313 g/mol. The maximum atomic E-state index is 6.18. The van der Waals surface area contributed by atoms with E-state index < -0.39 is 44.5 Å². The van der Waals surface area contributed by atoms with Crippen molar-refractivity contribution < 1.29 is 16.5 Å². The molecule has 0 spiro atoms. The van der Waals surface area contributed by atoms with Crippen molar-refractivity contribution in [1.82, 2.24) is 0 Å². The van der Waals surface area contributed by atoms with Gasteiger partial charge in [-0.2, -0.15) is 0 Å². The summed E-state index contributed by atoms with van der Waals surface area (Å²) in [6, 6.07) is 0. The smallest absolute Gasteiger partial charge is 0.437 e. The van der Waals surface area contributed by atoms with E-state index in [1.165, 1.54) is 0 Å². The van der Waals surface area contributed by atoms with Crippen LogP contribution in [0.15, 0.2) is 0 Å². The first-order valence-corrected chi connectivity index (χ1v) is 19.8.